The summed E-state index contributed by atoms with van der Waals surface area (Å²) in [4.78, 5) is 0. The lowest BCUT2D eigenvalue weighted by Gasteiger charge is -2.29. The first kappa shape index (κ1) is 9.70. The second-order valence-corrected chi connectivity index (χ2v) is 6.87. The summed E-state index contributed by atoms with van der Waals surface area (Å²) >= 11 is 0. The van der Waals surface area contributed by atoms with E-state index in [0.717, 1.165) is 18.3 Å². The maximum atomic E-state index is 6.02. The Morgan fingerprint density at radius 1 is 1.12 bits per heavy atom. The molecular formula is C15H23N. The first-order chi connectivity index (χ1) is 7.74. The van der Waals surface area contributed by atoms with Gasteiger partial charge in [0.05, 0.1) is 0 Å². The van der Waals surface area contributed by atoms with Crippen LogP contribution in [0.15, 0.2) is 11.1 Å². The summed E-state index contributed by atoms with van der Waals surface area (Å²) in [5, 5.41) is 0. The van der Waals surface area contributed by atoms with Gasteiger partial charge in [0.2, 0.25) is 0 Å². The molecule has 0 radical (unpaired) electrons. The fraction of sp³-hybridized carbons (Fsp3) is 0.867. The highest BCUT2D eigenvalue weighted by Gasteiger charge is 2.60. The third-order valence-corrected chi connectivity index (χ3v) is 5.94. The van der Waals surface area contributed by atoms with Gasteiger partial charge < -0.3 is 5.73 Å². The van der Waals surface area contributed by atoms with Gasteiger partial charge in [0.1, 0.15) is 0 Å². The molecule has 6 atom stereocenters. The molecule has 4 aliphatic rings. The van der Waals surface area contributed by atoms with Crippen molar-refractivity contribution in [3.05, 3.63) is 11.1 Å². The van der Waals surface area contributed by atoms with Crippen molar-refractivity contribution in [2.24, 2.45) is 35.3 Å². The van der Waals surface area contributed by atoms with Crippen LogP contribution in [0.5, 0.6) is 0 Å². The lowest BCUT2D eigenvalue weighted by molar-refractivity contribution is 0.240. The van der Waals surface area contributed by atoms with Gasteiger partial charge in [-0.05, 0) is 75.0 Å². The molecule has 5 unspecified atom stereocenters. The standard InChI is InChI=1S/C15H23N/c1-8-4-15(16)11(8)3-2-9-5-12(9)14-7-10-6-13(10)14/h9-10,12-15H,2-7,16H2,1H3/t9?,10?,12?,13?,14-,15?/m1/s1. The molecule has 1 nitrogen and oxygen atoms in total. The molecule has 2 N–H and O–H groups in total. The zero-order valence-corrected chi connectivity index (χ0v) is 10.3. The highest BCUT2D eigenvalue weighted by molar-refractivity contribution is 5.30. The van der Waals surface area contributed by atoms with Crippen molar-refractivity contribution in [1.29, 1.82) is 0 Å². The Hall–Kier alpha value is -0.300. The van der Waals surface area contributed by atoms with E-state index in [2.05, 4.69) is 6.92 Å². The smallest absolute Gasteiger partial charge is 0.0293 e. The van der Waals surface area contributed by atoms with Gasteiger partial charge in [0, 0.05) is 6.04 Å². The summed E-state index contributed by atoms with van der Waals surface area (Å²) < 4.78 is 0. The van der Waals surface area contributed by atoms with Gasteiger partial charge in [-0.25, -0.2) is 0 Å². The van der Waals surface area contributed by atoms with Crippen LogP contribution >= 0.6 is 0 Å². The van der Waals surface area contributed by atoms with E-state index in [-0.39, 0.29) is 0 Å². The van der Waals surface area contributed by atoms with Gasteiger partial charge in [0.15, 0.2) is 0 Å². The Morgan fingerprint density at radius 2 is 1.94 bits per heavy atom. The molecule has 0 amide bonds. The van der Waals surface area contributed by atoms with E-state index in [1.807, 2.05) is 0 Å². The van der Waals surface area contributed by atoms with Crippen molar-refractivity contribution in [2.75, 3.05) is 0 Å². The summed E-state index contributed by atoms with van der Waals surface area (Å²) in [5.74, 6) is 5.78. The average Bonchev–Trinajstić information content (AvgIpc) is 3.08. The molecule has 0 bridgehead atoms. The monoisotopic (exact) mass is 217 g/mol. The summed E-state index contributed by atoms with van der Waals surface area (Å²) in [6, 6.07) is 0.425. The number of nitrogens with two attached hydrogens (primary N) is 1. The van der Waals surface area contributed by atoms with Crippen molar-refractivity contribution >= 4 is 0 Å². The van der Waals surface area contributed by atoms with E-state index in [1.165, 1.54) is 30.6 Å². The SMILES string of the molecule is CC1=C(CCC2CC2[C@H]2CC3CC32)C(N)C1. The predicted octanol–water partition coefficient (Wildman–Crippen LogP) is 3.11. The van der Waals surface area contributed by atoms with Crippen molar-refractivity contribution in [3.8, 4) is 0 Å². The van der Waals surface area contributed by atoms with Crippen LogP contribution in [0.3, 0.4) is 0 Å². The molecule has 3 saturated carbocycles. The summed E-state index contributed by atoms with van der Waals surface area (Å²) in [6.45, 7) is 2.27. The fourth-order valence-corrected chi connectivity index (χ4v) is 4.52. The molecule has 1 heteroatoms. The minimum absolute atomic E-state index is 0.425. The van der Waals surface area contributed by atoms with Crippen LogP contribution in [0.25, 0.3) is 0 Å². The third kappa shape index (κ3) is 1.33. The normalized spacial score (nSPS) is 52.9. The third-order valence-electron chi connectivity index (χ3n) is 5.94. The van der Waals surface area contributed by atoms with Gasteiger partial charge in [-0.3, -0.25) is 0 Å². The Bertz CT molecular complexity index is 356. The highest BCUT2D eigenvalue weighted by atomic mass is 14.7. The number of hydrogen-bond donors (Lipinski definition) is 1. The van der Waals surface area contributed by atoms with Crippen molar-refractivity contribution < 1.29 is 0 Å². The molecule has 16 heavy (non-hydrogen) atoms. The molecule has 0 saturated heterocycles. The van der Waals surface area contributed by atoms with Crippen LogP contribution in [0.2, 0.25) is 0 Å². The van der Waals surface area contributed by atoms with E-state index in [1.54, 1.807) is 30.4 Å². The van der Waals surface area contributed by atoms with Gasteiger partial charge in [0.25, 0.3) is 0 Å². The van der Waals surface area contributed by atoms with Crippen molar-refractivity contribution in [2.45, 2.75) is 51.5 Å². The lowest BCUT2D eigenvalue weighted by Crippen LogP contribution is -2.32. The zero-order chi connectivity index (χ0) is 10.9. The van der Waals surface area contributed by atoms with Crippen LogP contribution in [-0.4, -0.2) is 6.04 Å². The van der Waals surface area contributed by atoms with Gasteiger partial charge in [-0.2, -0.15) is 0 Å². The Morgan fingerprint density at radius 3 is 2.50 bits per heavy atom. The first-order valence-electron chi connectivity index (χ1n) is 7.18. The molecule has 0 aromatic heterocycles. The average molecular weight is 217 g/mol. The molecular weight excluding hydrogens is 194 g/mol. The summed E-state index contributed by atoms with van der Waals surface area (Å²) in [7, 11) is 0. The van der Waals surface area contributed by atoms with Gasteiger partial charge in [-0.15, -0.1) is 0 Å². The molecule has 0 heterocycles. The second kappa shape index (κ2) is 3.13. The molecule has 4 rings (SSSR count). The minimum Gasteiger partial charge on any atom is -0.324 e. The quantitative estimate of drug-likeness (QED) is 0.719. The minimum atomic E-state index is 0.425. The number of hydrogen-bond acceptors (Lipinski definition) is 1. The van der Waals surface area contributed by atoms with E-state index < -0.39 is 0 Å². The summed E-state index contributed by atoms with van der Waals surface area (Å²) in [5.41, 5.74) is 9.22. The largest absolute Gasteiger partial charge is 0.324 e. The van der Waals surface area contributed by atoms with Crippen LogP contribution in [0, 0.1) is 29.6 Å². The van der Waals surface area contributed by atoms with Crippen LogP contribution in [-0.2, 0) is 0 Å². The molecule has 0 aliphatic heterocycles. The fourth-order valence-electron chi connectivity index (χ4n) is 4.52. The Balaban J connectivity index is 1.26. The molecule has 0 aromatic rings. The first-order valence-corrected chi connectivity index (χ1v) is 7.18. The van der Waals surface area contributed by atoms with E-state index >= 15 is 0 Å². The van der Waals surface area contributed by atoms with Gasteiger partial charge >= 0.3 is 0 Å². The van der Waals surface area contributed by atoms with E-state index in [0.29, 0.717) is 6.04 Å². The predicted molar refractivity (Wildman–Crippen MR) is 65.8 cm³/mol. The van der Waals surface area contributed by atoms with E-state index in [9.17, 15) is 0 Å². The lowest BCUT2D eigenvalue weighted by atomic mass is 9.79. The maximum absolute atomic E-state index is 6.02. The highest BCUT2D eigenvalue weighted by Crippen LogP contribution is 2.68. The number of fused-ring (bicyclic) bond motifs is 1. The van der Waals surface area contributed by atoms with Crippen LogP contribution in [0.1, 0.15) is 45.4 Å². The molecule has 3 fully saturated rings. The van der Waals surface area contributed by atoms with Crippen molar-refractivity contribution in [1.82, 2.24) is 0 Å². The van der Waals surface area contributed by atoms with Crippen LogP contribution in [0.4, 0.5) is 0 Å². The molecule has 0 spiro atoms. The molecule has 0 aromatic carbocycles. The molecule has 4 aliphatic carbocycles. The zero-order valence-electron chi connectivity index (χ0n) is 10.3. The molecule has 88 valence electrons. The Labute approximate surface area is 98.5 Å². The number of rotatable bonds is 4. The van der Waals surface area contributed by atoms with Crippen LogP contribution < -0.4 is 5.73 Å². The van der Waals surface area contributed by atoms with Crippen molar-refractivity contribution in [3.63, 3.8) is 0 Å². The van der Waals surface area contributed by atoms with Gasteiger partial charge in [-0.1, -0.05) is 11.1 Å². The Kier molecular flexibility index (Phi) is 1.90. The summed E-state index contributed by atoms with van der Waals surface area (Å²) in [6.07, 6.45) is 8.65. The maximum Gasteiger partial charge on any atom is 0.0293 e. The topological polar surface area (TPSA) is 26.0 Å². The second-order valence-electron chi connectivity index (χ2n) is 6.87. The van der Waals surface area contributed by atoms with E-state index in [4.69, 9.17) is 5.73 Å².